The highest BCUT2D eigenvalue weighted by Crippen LogP contribution is 2.20. The van der Waals surface area contributed by atoms with Gasteiger partial charge < -0.3 is 10.5 Å². The van der Waals surface area contributed by atoms with E-state index in [1.54, 1.807) is 0 Å². The lowest BCUT2D eigenvalue weighted by atomic mass is 9.98. The van der Waals surface area contributed by atoms with Crippen LogP contribution >= 0.6 is 0 Å². The molecule has 4 nitrogen and oxygen atoms in total. The van der Waals surface area contributed by atoms with Gasteiger partial charge in [0, 0.05) is 0 Å². The van der Waals surface area contributed by atoms with E-state index in [0.29, 0.717) is 0 Å². The number of primary amides is 1. The van der Waals surface area contributed by atoms with Gasteiger partial charge in [0.2, 0.25) is 0 Å². The molecule has 0 radical (unpaired) electrons. The first kappa shape index (κ1) is 9.03. The molecular formula is C8H14N2O2. The molecule has 3 N–H and O–H groups in total. The van der Waals surface area contributed by atoms with Gasteiger partial charge in [-0.2, -0.15) is 0 Å². The number of hydrogen-bond donors (Lipinski definition) is 2. The van der Waals surface area contributed by atoms with Crippen LogP contribution in [0, 0.1) is 5.41 Å². The fourth-order valence-electron chi connectivity index (χ4n) is 1.41. The van der Waals surface area contributed by atoms with Crippen molar-refractivity contribution in [2.24, 2.45) is 5.73 Å². The summed E-state index contributed by atoms with van der Waals surface area (Å²) in [5, 5.41) is 7.08. The average molecular weight is 170 g/mol. The normalized spacial score (nSPS) is 18.7. The second kappa shape index (κ2) is 4.09. The van der Waals surface area contributed by atoms with E-state index in [9.17, 15) is 4.79 Å². The summed E-state index contributed by atoms with van der Waals surface area (Å²) in [5.74, 6) is -1.18. The lowest BCUT2D eigenvalue weighted by Crippen LogP contribution is -2.30. The van der Waals surface area contributed by atoms with E-state index >= 15 is 0 Å². The van der Waals surface area contributed by atoms with E-state index in [4.69, 9.17) is 15.9 Å². The molecule has 4 heteroatoms. The van der Waals surface area contributed by atoms with Crippen LogP contribution in [0.1, 0.15) is 32.1 Å². The Morgan fingerprint density at radius 2 is 1.92 bits per heavy atom. The Labute approximate surface area is 71.6 Å². The minimum atomic E-state index is -0.777. The first-order valence-corrected chi connectivity index (χ1v) is 4.25. The molecule has 0 atom stereocenters. The number of hydrogen-bond acceptors (Lipinski definition) is 3. The molecule has 1 fully saturated rings. The quantitative estimate of drug-likeness (QED) is 0.451. The summed E-state index contributed by atoms with van der Waals surface area (Å²) in [6, 6.07) is 0. The van der Waals surface area contributed by atoms with Crippen molar-refractivity contribution < 1.29 is 9.53 Å². The summed E-state index contributed by atoms with van der Waals surface area (Å²) in [6.45, 7) is 0. The van der Waals surface area contributed by atoms with Crippen LogP contribution in [0.15, 0.2) is 0 Å². The zero-order valence-electron chi connectivity index (χ0n) is 7.01. The predicted molar refractivity (Wildman–Crippen MR) is 44.9 cm³/mol. The van der Waals surface area contributed by atoms with Crippen LogP contribution in [-0.2, 0) is 9.53 Å². The Morgan fingerprint density at radius 1 is 1.33 bits per heavy atom. The van der Waals surface area contributed by atoms with Gasteiger partial charge in [0.25, 0.3) is 5.90 Å². The van der Waals surface area contributed by atoms with E-state index in [0.717, 1.165) is 25.7 Å². The third-order valence-corrected chi connectivity index (χ3v) is 2.06. The number of rotatable bonds is 1. The van der Waals surface area contributed by atoms with Crippen LogP contribution < -0.4 is 5.73 Å². The van der Waals surface area contributed by atoms with Gasteiger partial charge in [-0.25, -0.2) is 0 Å². The molecule has 0 aromatic heterocycles. The largest absolute Gasteiger partial charge is 0.471 e. The van der Waals surface area contributed by atoms with Crippen molar-refractivity contribution in [3.63, 3.8) is 0 Å². The van der Waals surface area contributed by atoms with Gasteiger partial charge in [-0.15, -0.1) is 0 Å². The Hall–Kier alpha value is -1.06. The van der Waals surface area contributed by atoms with Crippen LogP contribution in [0.2, 0.25) is 0 Å². The molecule has 12 heavy (non-hydrogen) atoms. The Balaban J connectivity index is 2.29. The van der Waals surface area contributed by atoms with Gasteiger partial charge in [0.15, 0.2) is 0 Å². The van der Waals surface area contributed by atoms with E-state index < -0.39 is 11.8 Å². The molecule has 1 aliphatic carbocycles. The lowest BCUT2D eigenvalue weighted by molar-refractivity contribution is -0.113. The molecule has 0 aromatic carbocycles. The molecule has 0 bridgehead atoms. The van der Waals surface area contributed by atoms with Gasteiger partial charge >= 0.3 is 5.91 Å². The van der Waals surface area contributed by atoms with Gasteiger partial charge in [-0.1, -0.05) is 6.42 Å². The summed E-state index contributed by atoms with van der Waals surface area (Å²) < 4.78 is 5.06. The highest BCUT2D eigenvalue weighted by Gasteiger charge is 2.17. The maximum Gasteiger partial charge on any atom is 0.303 e. The Morgan fingerprint density at radius 3 is 2.42 bits per heavy atom. The number of nitrogens with two attached hydrogens (primary N) is 1. The van der Waals surface area contributed by atoms with Crippen LogP contribution in [0.4, 0.5) is 0 Å². The first-order valence-electron chi connectivity index (χ1n) is 4.25. The Bertz CT molecular complexity index is 185. The fourth-order valence-corrected chi connectivity index (χ4v) is 1.41. The molecular weight excluding hydrogens is 156 g/mol. The van der Waals surface area contributed by atoms with E-state index in [1.165, 1.54) is 6.42 Å². The SMILES string of the molecule is N=C(OC1CCCCC1)C(N)=O. The number of carbonyl (C=O) groups is 1. The zero-order chi connectivity index (χ0) is 8.97. The summed E-state index contributed by atoms with van der Waals surface area (Å²) in [4.78, 5) is 10.4. The second-order valence-electron chi connectivity index (χ2n) is 3.07. The summed E-state index contributed by atoms with van der Waals surface area (Å²) in [7, 11) is 0. The molecule has 1 saturated carbocycles. The number of ether oxygens (including phenoxy) is 1. The first-order chi connectivity index (χ1) is 5.70. The van der Waals surface area contributed by atoms with Gasteiger partial charge in [0.1, 0.15) is 6.10 Å². The van der Waals surface area contributed by atoms with Crippen LogP contribution in [-0.4, -0.2) is 17.9 Å². The smallest absolute Gasteiger partial charge is 0.303 e. The minimum absolute atomic E-state index is 0.0405. The van der Waals surface area contributed by atoms with E-state index in [-0.39, 0.29) is 6.10 Å². The third kappa shape index (κ3) is 2.53. The van der Waals surface area contributed by atoms with Gasteiger partial charge in [-0.3, -0.25) is 10.2 Å². The molecule has 68 valence electrons. The molecule has 1 aliphatic rings. The highest BCUT2D eigenvalue weighted by atomic mass is 16.5. The average Bonchev–Trinajstić information content (AvgIpc) is 2.06. The molecule has 1 amide bonds. The van der Waals surface area contributed by atoms with Crippen LogP contribution in [0.3, 0.4) is 0 Å². The maximum atomic E-state index is 10.4. The topological polar surface area (TPSA) is 76.2 Å². The molecule has 0 saturated heterocycles. The fraction of sp³-hybridized carbons (Fsp3) is 0.750. The van der Waals surface area contributed by atoms with Crippen molar-refractivity contribution in [1.82, 2.24) is 0 Å². The molecule has 0 unspecified atom stereocenters. The molecule has 1 rings (SSSR count). The molecule has 0 aliphatic heterocycles. The monoisotopic (exact) mass is 170 g/mol. The molecule has 0 aromatic rings. The molecule has 0 heterocycles. The van der Waals surface area contributed by atoms with Crippen molar-refractivity contribution in [2.75, 3.05) is 0 Å². The van der Waals surface area contributed by atoms with Crippen molar-refractivity contribution in [1.29, 1.82) is 5.41 Å². The standard InChI is InChI=1S/C8H14N2O2/c9-7(11)8(10)12-6-4-2-1-3-5-6/h6,10H,1-5H2,(H2,9,11). The zero-order valence-corrected chi connectivity index (χ0v) is 7.01. The van der Waals surface area contributed by atoms with Crippen LogP contribution in [0.5, 0.6) is 0 Å². The van der Waals surface area contributed by atoms with Crippen molar-refractivity contribution in [3.8, 4) is 0 Å². The van der Waals surface area contributed by atoms with Gasteiger partial charge in [-0.05, 0) is 25.7 Å². The van der Waals surface area contributed by atoms with Crippen molar-refractivity contribution in [3.05, 3.63) is 0 Å². The van der Waals surface area contributed by atoms with Crippen molar-refractivity contribution in [2.45, 2.75) is 38.2 Å². The Kier molecular flexibility index (Phi) is 3.08. The number of nitrogens with one attached hydrogen (secondary N) is 1. The molecule has 0 spiro atoms. The highest BCUT2D eigenvalue weighted by molar-refractivity contribution is 6.33. The van der Waals surface area contributed by atoms with Gasteiger partial charge in [0.05, 0.1) is 0 Å². The summed E-state index contributed by atoms with van der Waals surface area (Å²) >= 11 is 0. The summed E-state index contributed by atoms with van der Waals surface area (Å²) in [5.41, 5.74) is 4.86. The number of carbonyl (C=O) groups excluding carboxylic acids is 1. The number of amides is 1. The van der Waals surface area contributed by atoms with Crippen LogP contribution in [0.25, 0.3) is 0 Å². The third-order valence-electron chi connectivity index (χ3n) is 2.06. The van der Waals surface area contributed by atoms with Crippen molar-refractivity contribution >= 4 is 11.8 Å². The van der Waals surface area contributed by atoms with E-state index in [2.05, 4.69) is 0 Å². The predicted octanol–water partition coefficient (Wildman–Crippen LogP) is 0.798. The second-order valence-corrected chi connectivity index (χ2v) is 3.07. The summed E-state index contributed by atoms with van der Waals surface area (Å²) in [6.07, 6.45) is 5.39. The maximum absolute atomic E-state index is 10.4. The lowest BCUT2D eigenvalue weighted by Gasteiger charge is -2.21. The minimum Gasteiger partial charge on any atom is -0.471 e. The van der Waals surface area contributed by atoms with E-state index in [1.807, 2.05) is 0 Å².